The summed E-state index contributed by atoms with van der Waals surface area (Å²) >= 11 is 1.57. The van der Waals surface area contributed by atoms with Crippen molar-refractivity contribution in [3.8, 4) is 5.69 Å². The molecule has 0 spiro atoms. The number of rotatable bonds is 5. The van der Waals surface area contributed by atoms with Crippen LogP contribution in [0.15, 0.2) is 34.0 Å². The molecule has 0 saturated carbocycles. The van der Waals surface area contributed by atoms with Crippen LogP contribution < -0.4 is 5.69 Å². The van der Waals surface area contributed by atoms with Crippen molar-refractivity contribution in [1.29, 1.82) is 0 Å². The van der Waals surface area contributed by atoms with Crippen LogP contribution >= 0.6 is 11.8 Å². The van der Waals surface area contributed by atoms with Crippen LogP contribution in [0.4, 0.5) is 0 Å². The third-order valence-corrected chi connectivity index (χ3v) is 4.80. The highest BCUT2D eigenvalue weighted by molar-refractivity contribution is 7.98. The van der Waals surface area contributed by atoms with Crippen molar-refractivity contribution in [2.75, 3.05) is 6.26 Å². The SMILES string of the molecule is CSc1ccc(-n2nnn(CC(C)S(=O)(=O)O)c2=O)cc1. The van der Waals surface area contributed by atoms with Crippen LogP contribution in [0.1, 0.15) is 6.92 Å². The van der Waals surface area contributed by atoms with Gasteiger partial charge in [0.25, 0.3) is 10.1 Å². The Kier molecular flexibility index (Phi) is 4.49. The van der Waals surface area contributed by atoms with Gasteiger partial charge < -0.3 is 0 Å². The molecule has 0 fully saturated rings. The first-order valence-corrected chi connectivity index (χ1v) is 8.69. The van der Waals surface area contributed by atoms with E-state index in [1.54, 1.807) is 23.9 Å². The average molecular weight is 330 g/mol. The molecule has 0 saturated heterocycles. The zero-order chi connectivity index (χ0) is 15.6. The van der Waals surface area contributed by atoms with Crippen molar-refractivity contribution in [3.63, 3.8) is 0 Å². The fourth-order valence-electron chi connectivity index (χ4n) is 1.61. The molecule has 8 nitrogen and oxygen atoms in total. The number of benzene rings is 1. The lowest BCUT2D eigenvalue weighted by molar-refractivity contribution is 0.451. The third kappa shape index (κ3) is 3.52. The Balaban J connectivity index is 2.30. The first-order chi connectivity index (χ1) is 9.82. The lowest BCUT2D eigenvalue weighted by Crippen LogP contribution is -2.31. The summed E-state index contributed by atoms with van der Waals surface area (Å²) < 4.78 is 32.8. The molecule has 0 amide bonds. The molecule has 1 unspecified atom stereocenters. The summed E-state index contributed by atoms with van der Waals surface area (Å²) in [6, 6.07) is 7.12. The average Bonchev–Trinajstić information content (AvgIpc) is 2.79. The molecule has 1 N–H and O–H groups in total. The van der Waals surface area contributed by atoms with Gasteiger partial charge in [0.15, 0.2) is 0 Å². The summed E-state index contributed by atoms with van der Waals surface area (Å²) in [5.41, 5.74) is -0.0361. The van der Waals surface area contributed by atoms with Crippen LogP contribution in [0.25, 0.3) is 5.69 Å². The number of hydrogen-bond acceptors (Lipinski definition) is 6. The first kappa shape index (κ1) is 15.7. The molecule has 1 atom stereocenters. The Labute approximate surface area is 125 Å². The summed E-state index contributed by atoms with van der Waals surface area (Å²) in [4.78, 5) is 13.1. The van der Waals surface area contributed by atoms with E-state index in [0.29, 0.717) is 5.69 Å². The standard InChI is InChI=1S/C11H14N4O4S2/c1-8(21(17,18)19)7-14-11(16)15(13-12-14)9-3-5-10(20-2)6-4-9/h3-6,8H,7H2,1-2H3,(H,17,18,19). The molecule has 0 aliphatic heterocycles. The second-order valence-electron chi connectivity index (χ2n) is 4.38. The molecule has 2 aromatic rings. The van der Waals surface area contributed by atoms with E-state index in [2.05, 4.69) is 10.4 Å². The maximum Gasteiger partial charge on any atom is 0.368 e. The fraction of sp³-hybridized carbons (Fsp3) is 0.364. The summed E-state index contributed by atoms with van der Waals surface area (Å²) in [6.45, 7) is 1.02. The molecule has 114 valence electrons. The van der Waals surface area contributed by atoms with Crippen molar-refractivity contribution in [2.24, 2.45) is 0 Å². The second-order valence-corrected chi connectivity index (χ2v) is 7.09. The lowest BCUT2D eigenvalue weighted by Gasteiger charge is -2.05. The van der Waals surface area contributed by atoms with Crippen molar-refractivity contribution in [2.45, 2.75) is 23.6 Å². The molecule has 1 heterocycles. The molecule has 0 radical (unpaired) electrons. The number of nitrogens with zero attached hydrogens (tertiary/aromatic N) is 4. The Morgan fingerprint density at radius 3 is 2.43 bits per heavy atom. The van der Waals surface area contributed by atoms with Gasteiger partial charge in [-0.3, -0.25) is 4.55 Å². The Morgan fingerprint density at radius 1 is 1.29 bits per heavy atom. The van der Waals surface area contributed by atoms with Crippen LogP contribution in [-0.4, -0.2) is 44.3 Å². The van der Waals surface area contributed by atoms with E-state index in [1.165, 1.54) is 6.92 Å². The molecule has 2 rings (SSSR count). The van der Waals surface area contributed by atoms with Crippen molar-refractivity contribution in [3.05, 3.63) is 34.7 Å². The Morgan fingerprint density at radius 2 is 1.90 bits per heavy atom. The van der Waals surface area contributed by atoms with E-state index in [0.717, 1.165) is 14.3 Å². The maximum absolute atomic E-state index is 12.1. The smallest absolute Gasteiger partial charge is 0.285 e. The minimum atomic E-state index is -4.22. The van der Waals surface area contributed by atoms with Gasteiger partial charge in [0.2, 0.25) is 0 Å². The van der Waals surface area contributed by atoms with Gasteiger partial charge in [-0.1, -0.05) is 0 Å². The highest BCUT2D eigenvalue weighted by Crippen LogP contribution is 2.15. The van der Waals surface area contributed by atoms with Crippen molar-refractivity contribution in [1.82, 2.24) is 19.8 Å². The van der Waals surface area contributed by atoms with Gasteiger partial charge in [0, 0.05) is 4.90 Å². The minimum absolute atomic E-state index is 0.263. The number of hydrogen-bond donors (Lipinski definition) is 1. The molecular weight excluding hydrogens is 316 g/mol. The zero-order valence-corrected chi connectivity index (χ0v) is 13.0. The van der Waals surface area contributed by atoms with Crippen LogP contribution in [0, 0.1) is 0 Å². The molecule has 0 aliphatic carbocycles. The van der Waals surface area contributed by atoms with Crippen molar-refractivity contribution >= 4 is 21.9 Å². The van der Waals surface area contributed by atoms with Gasteiger partial charge in [0.1, 0.15) is 5.25 Å². The molecule has 1 aromatic heterocycles. The second kappa shape index (κ2) is 6.00. The summed E-state index contributed by atoms with van der Waals surface area (Å²) in [6.07, 6.45) is 1.94. The fourth-order valence-corrected chi connectivity index (χ4v) is 2.35. The largest absolute Gasteiger partial charge is 0.368 e. The van der Waals surface area contributed by atoms with E-state index in [4.69, 9.17) is 4.55 Å². The van der Waals surface area contributed by atoms with E-state index in [9.17, 15) is 13.2 Å². The molecule has 0 aliphatic rings. The third-order valence-electron chi connectivity index (χ3n) is 2.89. The van der Waals surface area contributed by atoms with Crippen LogP contribution in [0.2, 0.25) is 0 Å². The van der Waals surface area contributed by atoms with Crippen LogP contribution in [-0.2, 0) is 16.7 Å². The van der Waals surface area contributed by atoms with Gasteiger partial charge in [0.05, 0.1) is 12.2 Å². The summed E-state index contributed by atoms with van der Waals surface area (Å²) in [5, 5.41) is 6.20. The minimum Gasteiger partial charge on any atom is -0.285 e. The highest BCUT2D eigenvalue weighted by Gasteiger charge is 2.20. The van der Waals surface area contributed by atoms with Gasteiger partial charge >= 0.3 is 5.69 Å². The first-order valence-electron chi connectivity index (χ1n) is 5.96. The van der Waals surface area contributed by atoms with Crippen LogP contribution in [0.3, 0.4) is 0 Å². The topological polar surface area (TPSA) is 107 Å². The van der Waals surface area contributed by atoms with Gasteiger partial charge in [-0.25, -0.2) is 4.79 Å². The van der Waals surface area contributed by atoms with Crippen LogP contribution in [0.5, 0.6) is 0 Å². The molecular formula is C11H14N4O4S2. The molecule has 10 heteroatoms. The lowest BCUT2D eigenvalue weighted by atomic mass is 10.3. The quantitative estimate of drug-likeness (QED) is 0.625. The summed E-state index contributed by atoms with van der Waals surface area (Å²) in [7, 11) is -4.22. The molecule has 1 aromatic carbocycles. The van der Waals surface area contributed by atoms with Gasteiger partial charge in [-0.2, -0.15) is 17.8 Å². The molecule has 0 bridgehead atoms. The number of thioether (sulfide) groups is 1. The monoisotopic (exact) mass is 330 g/mol. The Hall–Kier alpha value is -1.65. The number of tetrazole rings is 1. The highest BCUT2D eigenvalue weighted by atomic mass is 32.2. The number of aromatic nitrogens is 4. The predicted octanol–water partition coefficient (Wildman–Crippen LogP) is 0.427. The summed E-state index contributed by atoms with van der Waals surface area (Å²) in [5.74, 6) is 0. The van der Waals surface area contributed by atoms with Gasteiger partial charge in [-0.05, 0) is 47.9 Å². The molecule has 21 heavy (non-hydrogen) atoms. The predicted molar refractivity (Wildman–Crippen MR) is 78.4 cm³/mol. The van der Waals surface area contributed by atoms with E-state index in [-0.39, 0.29) is 6.54 Å². The maximum atomic E-state index is 12.1. The Bertz CT molecular complexity index is 779. The van der Waals surface area contributed by atoms with E-state index in [1.807, 2.05) is 18.4 Å². The van der Waals surface area contributed by atoms with Crippen molar-refractivity contribution < 1.29 is 13.0 Å². The zero-order valence-electron chi connectivity index (χ0n) is 11.4. The van der Waals surface area contributed by atoms with E-state index >= 15 is 0 Å². The van der Waals surface area contributed by atoms with E-state index < -0.39 is 21.1 Å². The van der Waals surface area contributed by atoms with Gasteiger partial charge in [-0.15, -0.1) is 11.8 Å². The normalized spacial score (nSPS) is 13.3.